The Balaban J connectivity index is 2.02. The van der Waals surface area contributed by atoms with Crippen LogP contribution in [-0.2, 0) is 9.53 Å². The van der Waals surface area contributed by atoms with Crippen molar-refractivity contribution in [3.05, 3.63) is 35.6 Å². The topological polar surface area (TPSA) is 38.3 Å². The number of methoxy groups -OCH3 is 1. The Kier molecular flexibility index (Phi) is 3.97. The summed E-state index contributed by atoms with van der Waals surface area (Å²) in [7, 11) is 1.40. The van der Waals surface area contributed by atoms with Crippen LogP contribution in [0.3, 0.4) is 0 Å². The second-order valence-electron chi connectivity index (χ2n) is 4.78. The fourth-order valence-corrected chi connectivity index (χ4v) is 2.07. The first-order valence-electron chi connectivity index (χ1n) is 6.21. The smallest absolute Gasteiger partial charge is 0.323 e. The lowest BCUT2D eigenvalue weighted by Gasteiger charge is -2.21. The zero-order valence-corrected chi connectivity index (χ0v) is 10.7. The van der Waals surface area contributed by atoms with E-state index in [1.54, 1.807) is 12.1 Å². The quantitative estimate of drug-likeness (QED) is 0.817. The molecular weight excluding hydrogens is 233 g/mol. The summed E-state index contributed by atoms with van der Waals surface area (Å²) in [6.45, 7) is 1.96. The van der Waals surface area contributed by atoms with Crippen LogP contribution in [0.25, 0.3) is 0 Å². The second-order valence-corrected chi connectivity index (χ2v) is 4.78. The Morgan fingerprint density at radius 3 is 2.50 bits per heavy atom. The second kappa shape index (κ2) is 5.48. The van der Waals surface area contributed by atoms with Gasteiger partial charge in [-0.3, -0.25) is 10.1 Å². The van der Waals surface area contributed by atoms with Crippen molar-refractivity contribution in [1.29, 1.82) is 0 Å². The highest BCUT2D eigenvalue weighted by molar-refractivity contribution is 5.76. The van der Waals surface area contributed by atoms with Crippen molar-refractivity contribution >= 4 is 5.97 Å². The van der Waals surface area contributed by atoms with E-state index in [2.05, 4.69) is 5.32 Å². The normalized spacial score (nSPS) is 18.2. The third-order valence-corrected chi connectivity index (χ3v) is 3.35. The van der Waals surface area contributed by atoms with Crippen LogP contribution in [0, 0.1) is 11.7 Å². The van der Waals surface area contributed by atoms with Gasteiger partial charge in [-0.2, -0.15) is 0 Å². The molecular formula is C14H18FNO2. The van der Waals surface area contributed by atoms with E-state index < -0.39 is 0 Å². The number of benzene rings is 1. The minimum absolute atomic E-state index is 0.00435. The maximum absolute atomic E-state index is 12.8. The first kappa shape index (κ1) is 13.0. The molecule has 1 aromatic carbocycles. The van der Waals surface area contributed by atoms with Gasteiger partial charge in [-0.05, 0) is 43.4 Å². The van der Waals surface area contributed by atoms with Crippen LogP contribution in [-0.4, -0.2) is 19.1 Å². The van der Waals surface area contributed by atoms with Gasteiger partial charge >= 0.3 is 5.97 Å². The van der Waals surface area contributed by atoms with E-state index in [4.69, 9.17) is 4.74 Å². The van der Waals surface area contributed by atoms with Crippen LogP contribution >= 0.6 is 0 Å². The van der Waals surface area contributed by atoms with Crippen molar-refractivity contribution in [2.75, 3.05) is 7.11 Å². The Morgan fingerprint density at radius 2 is 2.00 bits per heavy atom. The number of carbonyl (C=O) groups is 1. The number of nitrogens with one attached hydrogen (secondary N) is 1. The largest absolute Gasteiger partial charge is 0.468 e. The first-order chi connectivity index (χ1) is 8.61. The summed E-state index contributed by atoms with van der Waals surface area (Å²) in [5.41, 5.74) is 0.964. The molecule has 0 spiro atoms. The van der Waals surface area contributed by atoms with Gasteiger partial charge in [0, 0.05) is 6.04 Å². The number of halogens is 1. The van der Waals surface area contributed by atoms with E-state index in [-0.39, 0.29) is 23.9 Å². The summed E-state index contributed by atoms with van der Waals surface area (Å²) in [5.74, 6) is -0.0931. The molecule has 0 bridgehead atoms. The third-order valence-electron chi connectivity index (χ3n) is 3.35. The van der Waals surface area contributed by atoms with E-state index in [0.29, 0.717) is 5.92 Å². The molecule has 98 valence electrons. The molecule has 1 N–H and O–H groups in total. The zero-order valence-electron chi connectivity index (χ0n) is 10.7. The summed E-state index contributed by atoms with van der Waals surface area (Å²) >= 11 is 0. The predicted molar refractivity (Wildman–Crippen MR) is 66.5 cm³/mol. The lowest BCUT2D eigenvalue weighted by atomic mass is 10.1. The number of hydrogen-bond donors (Lipinski definition) is 1. The summed E-state index contributed by atoms with van der Waals surface area (Å²) in [5, 5.41) is 3.27. The third kappa shape index (κ3) is 3.07. The molecule has 0 radical (unpaired) electrons. The number of carbonyl (C=O) groups excluding carboxylic acids is 1. The van der Waals surface area contributed by atoms with E-state index in [1.807, 2.05) is 6.92 Å². The van der Waals surface area contributed by atoms with Crippen molar-refractivity contribution in [1.82, 2.24) is 5.32 Å². The molecule has 2 rings (SSSR count). The average Bonchev–Trinajstić information content (AvgIpc) is 3.20. The SMILES string of the molecule is COC(=O)C(N[C@H](C)c1ccc(F)cc1)C1CC1. The van der Waals surface area contributed by atoms with Crippen molar-refractivity contribution in [2.24, 2.45) is 5.92 Å². The van der Waals surface area contributed by atoms with E-state index >= 15 is 0 Å². The summed E-state index contributed by atoms with van der Waals surface area (Å²) in [4.78, 5) is 11.7. The van der Waals surface area contributed by atoms with Gasteiger partial charge in [0.05, 0.1) is 7.11 Å². The van der Waals surface area contributed by atoms with Crippen LogP contribution in [0.5, 0.6) is 0 Å². The van der Waals surface area contributed by atoms with E-state index in [9.17, 15) is 9.18 Å². The van der Waals surface area contributed by atoms with Crippen molar-refractivity contribution in [2.45, 2.75) is 31.8 Å². The molecule has 3 nitrogen and oxygen atoms in total. The molecule has 0 amide bonds. The van der Waals surface area contributed by atoms with Crippen molar-refractivity contribution in [3.8, 4) is 0 Å². The molecule has 1 aromatic rings. The van der Waals surface area contributed by atoms with Crippen molar-refractivity contribution < 1.29 is 13.9 Å². The van der Waals surface area contributed by atoms with Gasteiger partial charge in [-0.1, -0.05) is 12.1 Å². The molecule has 4 heteroatoms. The van der Waals surface area contributed by atoms with Crippen molar-refractivity contribution in [3.63, 3.8) is 0 Å². The monoisotopic (exact) mass is 251 g/mol. The molecule has 1 aliphatic carbocycles. The van der Waals surface area contributed by atoms with Gasteiger partial charge in [0.2, 0.25) is 0 Å². The van der Waals surface area contributed by atoms with Gasteiger partial charge in [0.1, 0.15) is 11.9 Å². The lowest BCUT2D eigenvalue weighted by Crippen LogP contribution is -2.40. The van der Waals surface area contributed by atoms with Gasteiger partial charge in [0.15, 0.2) is 0 Å². The lowest BCUT2D eigenvalue weighted by molar-refractivity contribution is -0.144. The van der Waals surface area contributed by atoms with Gasteiger partial charge in [-0.15, -0.1) is 0 Å². The minimum atomic E-state index is -0.255. The molecule has 1 unspecified atom stereocenters. The predicted octanol–water partition coefficient (Wildman–Crippen LogP) is 2.43. The molecule has 0 aromatic heterocycles. The van der Waals surface area contributed by atoms with Crippen LogP contribution in [0.4, 0.5) is 4.39 Å². The molecule has 18 heavy (non-hydrogen) atoms. The molecule has 1 fully saturated rings. The maximum Gasteiger partial charge on any atom is 0.323 e. The van der Waals surface area contributed by atoms with Crippen LogP contribution in [0.1, 0.15) is 31.4 Å². The fraction of sp³-hybridized carbons (Fsp3) is 0.500. The Morgan fingerprint density at radius 1 is 1.39 bits per heavy atom. The number of rotatable bonds is 5. The Hall–Kier alpha value is -1.42. The van der Waals surface area contributed by atoms with E-state index in [0.717, 1.165) is 18.4 Å². The van der Waals surface area contributed by atoms with Gasteiger partial charge in [0.25, 0.3) is 0 Å². The highest BCUT2D eigenvalue weighted by Crippen LogP contribution is 2.34. The van der Waals surface area contributed by atoms with Crippen LogP contribution in [0.2, 0.25) is 0 Å². The highest BCUT2D eigenvalue weighted by Gasteiger charge is 2.37. The standard InChI is InChI=1S/C14H18FNO2/c1-9(10-5-7-12(15)8-6-10)16-13(11-3-4-11)14(17)18-2/h5-9,11,13,16H,3-4H2,1-2H3/t9-,13?/m1/s1. The highest BCUT2D eigenvalue weighted by atomic mass is 19.1. The minimum Gasteiger partial charge on any atom is -0.468 e. The summed E-state index contributed by atoms with van der Waals surface area (Å²) in [6.07, 6.45) is 2.12. The first-order valence-corrected chi connectivity index (χ1v) is 6.21. The summed E-state index contributed by atoms with van der Waals surface area (Å²) in [6, 6.07) is 6.06. The molecule has 2 atom stereocenters. The molecule has 1 saturated carbocycles. The van der Waals surface area contributed by atoms with Crippen LogP contribution < -0.4 is 5.32 Å². The maximum atomic E-state index is 12.8. The molecule has 1 aliphatic rings. The summed E-state index contributed by atoms with van der Waals surface area (Å²) < 4.78 is 17.6. The number of hydrogen-bond acceptors (Lipinski definition) is 3. The zero-order chi connectivity index (χ0) is 13.1. The fourth-order valence-electron chi connectivity index (χ4n) is 2.07. The van der Waals surface area contributed by atoms with E-state index in [1.165, 1.54) is 19.2 Å². The Labute approximate surface area is 106 Å². The molecule has 0 saturated heterocycles. The Bertz CT molecular complexity index is 414. The van der Waals surface area contributed by atoms with Gasteiger partial charge in [-0.25, -0.2) is 4.39 Å². The number of ether oxygens (including phenoxy) is 1. The average molecular weight is 251 g/mol. The van der Waals surface area contributed by atoms with Gasteiger partial charge < -0.3 is 4.74 Å². The molecule has 0 aliphatic heterocycles. The van der Waals surface area contributed by atoms with Crippen LogP contribution in [0.15, 0.2) is 24.3 Å². The molecule has 0 heterocycles. The number of esters is 1.